The van der Waals surface area contributed by atoms with Gasteiger partial charge in [-0.3, -0.25) is 4.79 Å². The van der Waals surface area contributed by atoms with Gasteiger partial charge in [0.1, 0.15) is 0 Å². The molecule has 4 nitrogen and oxygen atoms in total. The lowest BCUT2D eigenvalue weighted by Crippen LogP contribution is -2.43. The summed E-state index contributed by atoms with van der Waals surface area (Å²) in [5.74, 6) is 0.724. The smallest absolute Gasteiger partial charge is 0.188 e. The van der Waals surface area contributed by atoms with E-state index in [1.54, 1.807) is 6.92 Å². The first kappa shape index (κ1) is 22.3. The quantitative estimate of drug-likeness (QED) is 0.419. The Balaban J connectivity index is 5.14. The van der Waals surface area contributed by atoms with Crippen LogP contribution in [0.2, 0.25) is 0 Å². The van der Waals surface area contributed by atoms with E-state index in [1.165, 1.54) is 11.8 Å². The minimum absolute atomic E-state index is 0.155. The molecule has 0 saturated carbocycles. The Labute approximate surface area is 143 Å². The molecule has 0 aromatic carbocycles. The van der Waals surface area contributed by atoms with E-state index in [0.29, 0.717) is 30.8 Å². The zero-order chi connectivity index (χ0) is 17.4. The fourth-order valence-electron chi connectivity index (χ4n) is 2.54. The van der Waals surface area contributed by atoms with Crippen molar-refractivity contribution in [3.63, 3.8) is 0 Å². The minimum atomic E-state index is -0.834. The Morgan fingerprint density at radius 2 is 1.27 bits per heavy atom. The van der Waals surface area contributed by atoms with E-state index in [9.17, 15) is 4.79 Å². The topological polar surface area (TPSA) is 32.8 Å². The van der Waals surface area contributed by atoms with Crippen LogP contribution in [-0.4, -0.2) is 51.0 Å². The molecule has 0 amide bonds. The minimum Gasteiger partial charge on any atom is -0.330 e. The Morgan fingerprint density at radius 3 is 1.55 bits per heavy atom. The molecule has 0 N–H and O–H groups in total. The van der Waals surface area contributed by atoms with Crippen LogP contribution in [0, 0.1) is 0 Å². The molecular weight excluding hydrogens is 315 g/mol. The summed E-state index contributed by atoms with van der Waals surface area (Å²) >= 11 is 1.34. The summed E-state index contributed by atoms with van der Waals surface area (Å²) in [6.45, 7) is 20.0. The number of hydrogen-bond acceptors (Lipinski definition) is 5. The predicted molar refractivity (Wildman–Crippen MR) is 100 cm³/mol. The van der Waals surface area contributed by atoms with Crippen molar-refractivity contribution in [1.29, 1.82) is 0 Å². The first-order valence-corrected chi connectivity index (χ1v) is 10.4. The van der Waals surface area contributed by atoms with Gasteiger partial charge in [0.15, 0.2) is 13.6 Å². The summed E-state index contributed by atoms with van der Waals surface area (Å²) in [6, 6.07) is 1.69. The van der Waals surface area contributed by atoms with Crippen molar-refractivity contribution in [2.24, 2.45) is 0 Å². The Kier molecular flexibility index (Phi) is 11.1. The molecule has 0 rings (SSSR count). The fourth-order valence-corrected chi connectivity index (χ4v) is 5.46. The summed E-state index contributed by atoms with van der Waals surface area (Å²) in [6.07, 6.45) is 0. The molecule has 0 fully saturated rings. The van der Waals surface area contributed by atoms with Gasteiger partial charge in [-0.15, -0.1) is 0 Å². The predicted octanol–water partition coefficient (Wildman–Crippen LogP) is 4.75. The number of rotatable bonds is 10. The standard InChI is InChI=1S/C16H35N2O2PS/c1-12(2)17(13(3)4)21(18(14(5)6)15(7)8)20-10-11-22-16(9)19/h12-15H,10-11H2,1-9H3. The first-order valence-electron chi connectivity index (χ1n) is 8.22. The van der Waals surface area contributed by atoms with E-state index in [2.05, 4.69) is 64.7 Å². The number of carbonyl (C=O) groups excluding carboxylic acids is 1. The maximum Gasteiger partial charge on any atom is 0.188 e. The number of thioether (sulfide) groups is 1. The van der Waals surface area contributed by atoms with Crippen LogP contribution in [0.3, 0.4) is 0 Å². The van der Waals surface area contributed by atoms with E-state index in [-0.39, 0.29) is 5.12 Å². The molecule has 132 valence electrons. The molecule has 0 saturated heterocycles. The molecule has 0 spiro atoms. The van der Waals surface area contributed by atoms with Crippen LogP contribution < -0.4 is 0 Å². The summed E-state index contributed by atoms with van der Waals surface area (Å²) in [5, 5.41) is 0.155. The first-order chi connectivity index (χ1) is 10.1. The van der Waals surface area contributed by atoms with Crippen LogP contribution in [0.15, 0.2) is 0 Å². The Hall–Kier alpha value is 0.330. The van der Waals surface area contributed by atoms with Crippen molar-refractivity contribution in [3.8, 4) is 0 Å². The maximum absolute atomic E-state index is 11.1. The lowest BCUT2D eigenvalue weighted by atomic mass is 10.3. The third-order valence-electron chi connectivity index (χ3n) is 3.11. The Morgan fingerprint density at radius 1 is 0.909 bits per heavy atom. The highest BCUT2D eigenvalue weighted by atomic mass is 32.2. The van der Waals surface area contributed by atoms with Crippen LogP contribution in [-0.2, 0) is 9.32 Å². The van der Waals surface area contributed by atoms with Gasteiger partial charge in [0, 0.05) is 36.8 Å². The molecule has 6 heteroatoms. The van der Waals surface area contributed by atoms with Gasteiger partial charge in [-0.25, -0.2) is 9.34 Å². The largest absolute Gasteiger partial charge is 0.330 e. The number of nitrogens with zero attached hydrogens (tertiary/aromatic N) is 2. The van der Waals surface area contributed by atoms with Gasteiger partial charge >= 0.3 is 0 Å². The van der Waals surface area contributed by atoms with E-state index < -0.39 is 8.45 Å². The highest BCUT2D eigenvalue weighted by molar-refractivity contribution is 8.13. The highest BCUT2D eigenvalue weighted by Crippen LogP contribution is 2.50. The van der Waals surface area contributed by atoms with Crippen LogP contribution in [0.1, 0.15) is 62.3 Å². The SMILES string of the molecule is CC(=O)SCCOP(N(C(C)C)C(C)C)N(C(C)C)C(C)C. The third-order valence-corrected chi connectivity index (χ3v) is 6.94. The van der Waals surface area contributed by atoms with Crippen molar-refractivity contribution in [2.45, 2.75) is 86.5 Å². The van der Waals surface area contributed by atoms with Gasteiger partial charge in [-0.2, -0.15) is 0 Å². The Bertz CT molecular complexity index is 289. The van der Waals surface area contributed by atoms with E-state index in [1.807, 2.05) is 0 Å². The molecule has 0 aromatic heterocycles. The fraction of sp³-hybridized carbons (Fsp3) is 0.938. The van der Waals surface area contributed by atoms with E-state index in [0.717, 1.165) is 5.75 Å². The van der Waals surface area contributed by atoms with E-state index in [4.69, 9.17) is 4.52 Å². The number of carbonyl (C=O) groups is 1. The second-order valence-corrected chi connectivity index (χ2v) is 9.52. The van der Waals surface area contributed by atoms with Gasteiger partial charge in [0.25, 0.3) is 0 Å². The second-order valence-electron chi connectivity index (χ2n) is 6.56. The average molecular weight is 351 g/mol. The monoisotopic (exact) mass is 350 g/mol. The van der Waals surface area contributed by atoms with Gasteiger partial charge in [0.2, 0.25) is 0 Å². The molecule has 0 radical (unpaired) electrons. The van der Waals surface area contributed by atoms with Gasteiger partial charge < -0.3 is 4.52 Å². The zero-order valence-electron chi connectivity index (χ0n) is 15.8. The maximum atomic E-state index is 11.1. The normalized spacial score (nSPS) is 12.9. The second kappa shape index (κ2) is 11.0. The lowest BCUT2D eigenvalue weighted by molar-refractivity contribution is -0.109. The lowest BCUT2D eigenvalue weighted by Gasteiger charge is -2.45. The molecule has 0 bridgehead atoms. The molecular formula is C16H35N2O2PS. The summed E-state index contributed by atoms with van der Waals surface area (Å²) in [7, 11) is -0.834. The van der Waals surface area contributed by atoms with Gasteiger partial charge in [-0.05, 0) is 55.4 Å². The molecule has 22 heavy (non-hydrogen) atoms. The van der Waals surface area contributed by atoms with Crippen molar-refractivity contribution >= 4 is 25.3 Å². The van der Waals surface area contributed by atoms with Crippen molar-refractivity contribution in [3.05, 3.63) is 0 Å². The van der Waals surface area contributed by atoms with Crippen molar-refractivity contribution in [1.82, 2.24) is 9.34 Å². The van der Waals surface area contributed by atoms with Crippen molar-refractivity contribution in [2.75, 3.05) is 12.4 Å². The molecule has 0 aliphatic carbocycles. The molecule has 0 aliphatic heterocycles. The molecule has 0 aliphatic rings. The summed E-state index contributed by atoms with van der Waals surface area (Å²) in [5.41, 5.74) is 0. The third kappa shape index (κ3) is 7.74. The van der Waals surface area contributed by atoms with Crippen LogP contribution in [0.25, 0.3) is 0 Å². The van der Waals surface area contributed by atoms with Crippen molar-refractivity contribution < 1.29 is 9.32 Å². The van der Waals surface area contributed by atoms with Gasteiger partial charge in [0.05, 0.1) is 6.61 Å². The van der Waals surface area contributed by atoms with Gasteiger partial charge in [-0.1, -0.05) is 11.8 Å². The average Bonchev–Trinajstić information content (AvgIpc) is 2.31. The number of hydrogen-bond donors (Lipinski definition) is 0. The zero-order valence-corrected chi connectivity index (χ0v) is 17.5. The van der Waals surface area contributed by atoms with E-state index >= 15 is 0 Å². The van der Waals surface area contributed by atoms with Crippen LogP contribution in [0.5, 0.6) is 0 Å². The summed E-state index contributed by atoms with van der Waals surface area (Å²) in [4.78, 5) is 11.1. The highest BCUT2D eigenvalue weighted by Gasteiger charge is 2.34. The van der Waals surface area contributed by atoms with Crippen LogP contribution in [0.4, 0.5) is 0 Å². The molecule has 0 atom stereocenters. The molecule has 0 unspecified atom stereocenters. The molecule has 0 heterocycles. The van der Waals surface area contributed by atoms with Crippen LogP contribution >= 0.6 is 20.2 Å². The molecule has 0 aromatic rings. The summed E-state index contributed by atoms with van der Waals surface area (Å²) < 4.78 is 11.2.